The number of aryl methyl sites for hydroxylation is 1. The molecule has 86 valence electrons. The van der Waals surface area contributed by atoms with E-state index in [9.17, 15) is 0 Å². The Morgan fingerprint density at radius 1 is 1.53 bits per heavy atom. The van der Waals surface area contributed by atoms with Crippen LogP contribution in [0.2, 0.25) is 0 Å². The summed E-state index contributed by atoms with van der Waals surface area (Å²) in [6.07, 6.45) is 3.53. The van der Waals surface area contributed by atoms with Crippen LogP contribution in [0.25, 0.3) is 0 Å². The number of aromatic nitrogens is 2. The highest BCUT2D eigenvalue weighted by Crippen LogP contribution is 2.21. The van der Waals surface area contributed by atoms with E-state index in [4.69, 9.17) is 5.26 Å². The molecule has 1 unspecified atom stereocenters. The average Bonchev–Trinajstić information content (AvgIpc) is 2.73. The van der Waals surface area contributed by atoms with Gasteiger partial charge in [0.1, 0.15) is 6.04 Å². The number of nitriles is 1. The number of rotatable bonds is 3. The summed E-state index contributed by atoms with van der Waals surface area (Å²) in [6.45, 7) is 0. The highest BCUT2D eigenvalue weighted by atomic mass is 79.9. The van der Waals surface area contributed by atoms with E-state index in [-0.39, 0.29) is 0 Å². The van der Waals surface area contributed by atoms with Gasteiger partial charge in [0, 0.05) is 29.0 Å². The van der Waals surface area contributed by atoms with E-state index in [1.54, 1.807) is 10.9 Å². The molecule has 0 saturated carbocycles. The van der Waals surface area contributed by atoms with E-state index in [1.165, 1.54) is 0 Å². The van der Waals surface area contributed by atoms with Crippen molar-refractivity contribution in [2.45, 2.75) is 6.04 Å². The number of hydrogen-bond acceptors (Lipinski definition) is 3. The summed E-state index contributed by atoms with van der Waals surface area (Å²) in [5.41, 5.74) is 1.75. The molecule has 0 fully saturated rings. The first kappa shape index (κ1) is 11.7. The Morgan fingerprint density at radius 2 is 2.35 bits per heavy atom. The first-order chi connectivity index (χ1) is 8.19. The molecule has 1 atom stereocenters. The molecular weight excluding hydrogens is 280 g/mol. The third-order valence-electron chi connectivity index (χ3n) is 2.32. The minimum absolute atomic E-state index is 0.391. The summed E-state index contributed by atoms with van der Waals surface area (Å²) in [5.74, 6) is 0. The van der Waals surface area contributed by atoms with Crippen molar-refractivity contribution in [3.05, 3.63) is 46.7 Å². The maximum absolute atomic E-state index is 9.16. The van der Waals surface area contributed by atoms with Crippen molar-refractivity contribution in [2.75, 3.05) is 5.32 Å². The summed E-state index contributed by atoms with van der Waals surface area (Å²) >= 11 is 3.39. The quantitative estimate of drug-likeness (QED) is 0.946. The zero-order chi connectivity index (χ0) is 12.3. The molecule has 1 aromatic heterocycles. The van der Waals surface area contributed by atoms with Gasteiger partial charge < -0.3 is 5.32 Å². The second-order valence-corrected chi connectivity index (χ2v) is 4.58. The number of benzene rings is 1. The molecular formula is C12H11BrN4. The van der Waals surface area contributed by atoms with Gasteiger partial charge in [-0.1, -0.05) is 22.0 Å². The SMILES string of the molecule is Cn1cc(C(C#N)Nc2cccc(Br)c2)cn1. The van der Waals surface area contributed by atoms with Crippen LogP contribution in [0.1, 0.15) is 11.6 Å². The van der Waals surface area contributed by atoms with E-state index < -0.39 is 6.04 Å². The number of nitrogens with one attached hydrogen (secondary N) is 1. The van der Waals surface area contributed by atoms with Gasteiger partial charge in [-0.15, -0.1) is 0 Å². The van der Waals surface area contributed by atoms with Gasteiger partial charge in [-0.05, 0) is 18.2 Å². The normalized spacial score (nSPS) is 11.8. The largest absolute Gasteiger partial charge is 0.366 e. The molecule has 0 amide bonds. The van der Waals surface area contributed by atoms with Crippen LogP contribution in [0.4, 0.5) is 5.69 Å². The fraction of sp³-hybridized carbons (Fsp3) is 0.167. The maximum Gasteiger partial charge on any atom is 0.143 e. The van der Waals surface area contributed by atoms with Crippen LogP contribution >= 0.6 is 15.9 Å². The molecule has 0 radical (unpaired) electrons. The Kier molecular flexibility index (Phi) is 3.45. The molecule has 17 heavy (non-hydrogen) atoms. The second kappa shape index (κ2) is 5.02. The standard InChI is InChI=1S/C12H11BrN4/c1-17-8-9(7-15-17)12(6-14)16-11-4-2-3-10(13)5-11/h2-5,7-8,12,16H,1H3. The molecule has 1 N–H and O–H groups in total. The van der Waals surface area contributed by atoms with Gasteiger partial charge in [0.25, 0.3) is 0 Å². The third kappa shape index (κ3) is 2.86. The van der Waals surface area contributed by atoms with Gasteiger partial charge in [0.05, 0.1) is 12.3 Å². The molecule has 0 spiro atoms. The maximum atomic E-state index is 9.16. The highest BCUT2D eigenvalue weighted by molar-refractivity contribution is 9.10. The van der Waals surface area contributed by atoms with Crippen LogP contribution in [0.3, 0.4) is 0 Å². The van der Waals surface area contributed by atoms with Crippen LogP contribution < -0.4 is 5.32 Å². The lowest BCUT2D eigenvalue weighted by atomic mass is 10.1. The minimum Gasteiger partial charge on any atom is -0.366 e. The lowest BCUT2D eigenvalue weighted by Gasteiger charge is -2.11. The predicted molar refractivity (Wildman–Crippen MR) is 69.3 cm³/mol. The summed E-state index contributed by atoms with van der Waals surface area (Å²) in [6, 6.07) is 9.54. The van der Waals surface area contributed by atoms with E-state index in [0.29, 0.717) is 0 Å². The van der Waals surface area contributed by atoms with Gasteiger partial charge in [0.2, 0.25) is 0 Å². The second-order valence-electron chi connectivity index (χ2n) is 3.66. The summed E-state index contributed by atoms with van der Waals surface area (Å²) in [5, 5.41) is 16.4. The van der Waals surface area contributed by atoms with Crippen molar-refractivity contribution < 1.29 is 0 Å². The molecule has 1 heterocycles. The average molecular weight is 291 g/mol. The van der Waals surface area contributed by atoms with Gasteiger partial charge in [-0.2, -0.15) is 10.4 Å². The fourth-order valence-corrected chi connectivity index (χ4v) is 1.92. The minimum atomic E-state index is -0.391. The summed E-state index contributed by atoms with van der Waals surface area (Å²) in [4.78, 5) is 0. The van der Waals surface area contributed by atoms with E-state index in [0.717, 1.165) is 15.7 Å². The van der Waals surface area contributed by atoms with Crippen molar-refractivity contribution in [3.8, 4) is 6.07 Å². The van der Waals surface area contributed by atoms with Crippen LogP contribution in [0, 0.1) is 11.3 Å². The fourth-order valence-electron chi connectivity index (χ4n) is 1.52. The molecule has 1 aromatic carbocycles. The zero-order valence-electron chi connectivity index (χ0n) is 9.26. The first-order valence-corrected chi connectivity index (χ1v) is 5.88. The monoisotopic (exact) mass is 290 g/mol. The Morgan fingerprint density at radius 3 is 2.94 bits per heavy atom. The van der Waals surface area contributed by atoms with Gasteiger partial charge in [-0.25, -0.2) is 0 Å². The molecule has 0 bridgehead atoms. The molecule has 5 heteroatoms. The van der Waals surface area contributed by atoms with E-state index in [1.807, 2.05) is 37.5 Å². The Bertz CT molecular complexity index is 556. The van der Waals surface area contributed by atoms with Crippen LogP contribution in [0.5, 0.6) is 0 Å². The van der Waals surface area contributed by atoms with Gasteiger partial charge in [0.15, 0.2) is 0 Å². The zero-order valence-corrected chi connectivity index (χ0v) is 10.8. The summed E-state index contributed by atoms with van der Waals surface area (Å²) in [7, 11) is 1.83. The lowest BCUT2D eigenvalue weighted by Crippen LogP contribution is -2.07. The Hall–Kier alpha value is -1.80. The molecule has 0 aliphatic heterocycles. The van der Waals surface area contributed by atoms with Crippen molar-refractivity contribution in [1.29, 1.82) is 5.26 Å². The Labute approximate surface area is 108 Å². The van der Waals surface area contributed by atoms with Crippen molar-refractivity contribution >= 4 is 21.6 Å². The van der Waals surface area contributed by atoms with Crippen LogP contribution in [0.15, 0.2) is 41.1 Å². The topological polar surface area (TPSA) is 53.6 Å². The first-order valence-electron chi connectivity index (χ1n) is 5.09. The molecule has 4 nitrogen and oxygen atoms in total. The van der Waals surface area contributed by atoms with Crippen molar-refractivity contribution in [2.24, 2.45) is 7.05 Å². The highest BCUT2D eigenvalue weighted by Gasteiger charge is 2.11. The van der Waals surface area contributed by atoms with Crippen LogP contribution in [-0.2, 0) is 7.05 Å². The number of nitrogens with zero attached hydrogens (tertiary/aromatic N) is 3. The Balaban J connectivity index is 2.19. The molecule has 0 aliphatic rings. The molecule has 2 rings (SSSR count). The summed E-state index contributed by atoms with van der Waals surface area (Å²) < 4.78 is 2.66. The molecule has 0 saturated heterocycles. The molecule has 2 aromatic rings. The van der Waals surface area contributed by atoms with Gasteiger partial charge >= 0.3 is 0 Å². The molecule has 0 aliphatic carbocycles. The number of anilines is 1. The van der Waals surface area contributed by atoms with Crippen molar-refractivity contribution in [3.63, 3.8) is 0 Å². The van der Waals surface area contributed by atoms with E-state index in [2.05, 4.69) is 32.4 Å². The lowest BCUT2D eigenvalue weighted by molar-refractivity contribution is 0.766. The number of hydrogen-bond donors (Lipinski definition) is 1. The van der Waals surface area contributed by atoms with E-state index >= 15 is 0 Å². The van der Waals surface area contributed by atoms with Crippen LogP contribution in [-0.4, -0.2) is 9.78 Å². The predicted octanol–water partition coefficient (Wildman–Crippen LogP) is 2.86. The smallest absolute Gasteiger partial charge is 0.143 e. The van der Waals surface area contributed by atoms with Crippen molar-refractivity contribution in [1.82, 2.24) is 9.78 Å². The number of halogens is 1. The van der Waals surface area contributed by atoms with Gasteiger partial charge in [-0.3, -0.25) is 4.68 Å². The third-order valence-corrected chi connectivity index (χ3v) is 2.82.